The monoisotopic (exact) mass is 326 g/mol. The van der Waals surface area contributed by atoms with Crippen molar-refractivity contribution in [1.82, 2.24) is 9.78 Å². The number of benzene rings is 1. The second-order valence-electron chi connectivity index (χ2n) is 6.08. The minimum Gasteiger partial charge on any atom is -0.382 e. The highest BCUT2D eigenvalue weighted by molar-refractivity contribution is 6.06. The van der Waals surface area contributed by atoms with Crippen LogP contribution in [-0.2, 0) is 16.2 Å². The fourth-order valence-electron chi connectivity index (χ4n) is 2.86. The van der Waals surface area contributed by atoms with Crippen molar-refractivity contribution in [3.8, 4) is 0 Å². The molecule has 1 atom stereocenters. The Morgan fingerprint density at radius 1 is 1.33 bits per heavy atom. The van der Waals surface area contributed by atoms with Crippen LogP contribution in [0, 0.1) is 20.8 Å². The first-order valence-corrected chi connectivity index (χ1v) is 8.13. The maximum atomic E-state index is 12.5. The van der Waals surface area contributed by atoms with Crippen LogP contribution in [0.15, 0.2) is 29.6 Å². The Morgan fingerprint density at radius 3 is 2.67 bits per heavy atom. The van der Waals surface area contributed by atoms with Crippen molar-refractivity contribution < 1.29 is 9.63 Å². The summed E-state index contributed by atoms with van der Waals surface area (Å²) in [4.78, 5) is 17.9. The summed E-state index contributed by atoms with van der Waals surface area (Å²) in [5, 5.41) is 11.5. The molecule has 6 heteroatoms. The summed E-state index contributed by atoms with van der Waals surface area (Å²) in [6.07, 6.45) is 1.79. The van der Waals surface area contributed by atoms with Crippen molar-refractivity contribution in [2.45, 2.75) is 46.8 Å². The molecule has 1 aromatic carbocycles. The minimum absolute atomic E-state index is 0.174. The molecule has 2 heterocycles. The van der Waals surface area contributed by atoms with Gasteiger partial charge in [-0.25, -0.2) is 0 Å². The van der Waals surface area contributed by atoms with Crippen LogP contribution in [0.25, 0.3) is 0 Å². The van der Waals surface area contributed by atoms with Crippen molar-refractivity contribution in [2.75, 3.05) is 5.32 Å². The van der Waals surface area contributed by atoms with Crippen molar-refractivity contribution in [3.05, 3.63) is 46.8 Å². The molecule has 126 valence electrons. The SMILES string of the molecule is CCn1cc(C2=NOC(C(=O)Nc3c(C)cccc3C)C2)c(C)n1. The van der Waals surface area contributed by atoms with Gasteiger partial charge in [-0.3, -0.25) is 9.48 Å². The predicted molar refractivity (Wildman–Crippen MR) is 93.2 cm³/mol. The molecular formula is C18H22N4O2. The van der Waals surface area contributed by atoms with E-state index in [0.29, 0.717) is 6.42 Å². The van der Waals surface area contributed by atoms with E-state index in [-0.39, 0.29) is 5.91 Å². The van der Waals surface area contributed by atoms with Gasteiger partial charge in [-0.15, -0.1) is 0 Å². The molecule has 3 rings (SSSR count). The molecule has 0 radical (unpaired) electrons. The second kappa shape index (κ2) is 6.47. The number of nitrogens with zero attached hydrogens (tertiary/aromatic N) is 3. The lowest BCUT2D eigenvalue weighted by atomic mass is 10.0. The third kappa shape index (κ3) is 3.04. The lowest BCUT2D eigenvalue weighted by Crippen LogP contribution is -2.28. The van der Waals surface area contributed by atoms with Gasteiger partial charge in [-0.1, -0.05) is 23.4 Å². The maximum Gasteiger partial charge on any atom is 0.268 e. The molecule has 1 N–H and O–H groups in total. The molecule has 6 nitrogen and oxygen atoms in total. The molecule has 1 unspecified atom stereocenters. The summed E-state index contributed by atoms with van der Waals surface area (Å²) in [6, 6.07) is 5.92. The van der Waals surface area contributed by atoms with Crippen LogP contribution in [0.2, 0.25) is 0 Å². The number of nitrogens with one attached hydrogen (secondary N) is 1. The van der Waals surface area contributed by atoms with E-state index in [1.165, 1.54) is 0 Å². The third-order valence-electron chi connectivity index (χ3n) is 4.27. The maximum absolute atomic E-state index is 12.5. The van der Waals surface area contributed by atoms with Crippen LogP contribution in [0.5, 0.6) is 0 Å². The Bertz CT molecular complexity index is 787. The Hall–Kier alpha value is -2.63. The number of carbonyl (C=O) groups excluding carboxylic acids is 1. The molecule has 2 aromatic rings. The first-order chi connectivity index (χ1) is 11.5. The summed E-state index contributed by atoms with van der Waals surface area (Å²) in [5.41, 5.74) is 5.52. The highest BCUT2D eigenvalue weighted by Crippen LogP contribution is 2.23. The van der Waals surface area contributed by atoms with Gasteiger partial charge in [0.2, 0.25) is 6.10 Å². The summed E-state index contributed by atoms with van der Waals surface area (Å²) in [7, 11) is 0. The first kappa shape index (κ1) is 16.2. The Balaban J connectivity index is 1.70. The number of oxime groups is 1. The number of para-hydroxylation sites is 1. The Labute approximate surface area is 141 Å². The highest BCUT2D eigenvalue weighted by atomic mass is 16.6. The van der Waals surface area contributed by atoms with Crippen LogP contribution in [0.1, 0.15) is 35.7 Å². The van der Waals surface area contributed by atoms with E-state index in [0.717, 1.165) is 40.3 Å². The number of hydrogen-bond donors (Lipinski definition) is 1. The van der Waals surface area contributed by atoms with Gasteiger partial charge in [0.1, 0.15) is 0 Å². The number of aromatic nitrogens is 2. The first-order valence-electron chi connectivity index (χ1n) is 8.13. The van der Waals surface area contributed by atoms with Crippen LogP contribution in [-0.4, -0.2) is 27.5 Å². The zero-order chi connectivity index (χ0) is 17.3. The van der Waals surface area contributed by atoms with Crippen LogP contribution >= 0.6 is 0 Å². The summed E-state index contributed by atoms with van der Waals surface area (Å²) in [6.45, 7) is 8.72. The van der Waals surface area contributed by atoms with Gasteiger partial charge in [0.25, 0.3) is 5.91 Å². The van der Waals surface area contributed by atoms with Crippen LogP contribution < -0.4 is 5.32 Å². The smallest absolute Gasteiger partial charge is 0.268 e. The number of amides is 1. The number of hydrogen-bond acceptors (Lipinski definition) is 4. The Morgan fingerprint density at radius 2 is 2.04 bits per heavy atom. The van der Waals surface area contributed by atoms with Crippen molar-refractivity contribution in [3.63, 3.8) is 0 Å². The van der Waals surface area contributed by atoms with Crippen molar-refractivity contribution in [1.29, 1.82) is 0 Å². The van der Waals surface area contributed by atoms with E-state index in [4.69, 9.17) is 4.84 Å². The van der Waals surface area contributed by atoms with Gasteiger partial charge in [-0.05, 0) is 38.8 Å². The third-order valence-corrected chi connectivity index (χ3v) is 4.27. The second-order valence-corrected chi connectivity index (χ2v) is 6.08. The normalized spacial score (nSPS) is 16.7. The van der Waals surface area contributed by atoms with E-state index in [1.807, 2.05) is 56.8 Å². The average molecular weight is 326 g/mol. The molecule has 1 aliphatic heterocycles. The molecule has 1 amide bonds. The lowest BCUT2D eigenvalue weighted by Gasteiger charge is -2.13. The van der Waals surface area contributed by atoms with Gasteiger partial charge in [0, 0.05) is 30.4 Å². The molecule has 24 heavy (non-hydrogen) atoms. The van der Waals surface area contributed by atoms with Crippen LogP contribution in [0.3, 0.4) is 0 Å². The molecule has 0 spiro atoms. The van der Waals surface area contributed by atoms with Gasteiger partial charge < -0.3 is 10.2 Å². The molecule has 0 saturated carbocycles. The lowest BCUT2D eigenvalue weighted by molar-refractivity contribution is -0.125. The van der Waals surface area contributed by atoms with E-state index in [9.17, 15) is 4.79 Å². The Kier molecular flexibility index (Phi) is 4.38. The molecule has 0 bridgehead atoms. The van der Waals surface area contributed by atoms with E-state index >= 15 is 0 Å². The van der Waals surface area contributed by atoms with E-state index in [2.05, 4.69) is 15.6 Å². The van der Waals surface area contributed by atoms with Gasteiger partial charge in [-0.2, -0.15) is 5.10 Å². The molecule has 0 fully saturated rings. The van der Waals surface area contributed by atoms with E-state index < -0.39 is 6.10 Å². The zero-order valence-electron chi connectivity index (χ0n) is 14.5. The largest absolute Gasteiger partial charge is 0.382 e. The topological polar surface area (TPSA) is 68.5 Å². The zero-order valence-corrected chi connectivity index (χ0v) is 14.5. The molecule has 1 aliphatic rings. The molecule has 0 aliphatic carbocycles. The summed E-state index contributed by atoms with van der Waals surface area (Å²) < 4.78 is 1.86. The number of anilines is 1. The van der Waals surface area contributed by atoms with Gasteiger partial charge in [0.15, 0.2) is 0 Å². The standard InChI is InChI=1S/C18H22N4O2/c1-5-22-10-14(13(4)20-22)15-9-16(24-21-15)18(23)19-17-11(2)7-6-8-12(17)3/h6-8,10,16H,5,9H2,1-4H3,(H,19,23). The predicted octanol–water partition coefficient (Wildman–Crippen LogP) is 2.96. The van der Waals surface area contributed by atoms with Crippen LogP contribution in [0.4, 0.5) is 5.69 Å². The van der Waals surface area contributed by atoms with Gasteiger partial charge in [0.05, 0.1) is 11.4 Å². The fourth-order valence-corrected chi connectivity index (χ4v) is 2.86. The van der Waals surface area contributed by atoms with Gasteiger partial charge >= 0.3 is 0 Å². The minimum atomic E-state index is -0.608. The summed E-state index contributed by atoms with van der Waals surface area (Å²) >= 11 is 0. The molecule has 0 saturated heterocycles. The van der Waals surface area contributed by atoms with Crippen molar-refractivity contribution >= 4 is 17.3 Å². The quantitative estimate of drug-likeness (QED) is 0.939. The molecular weight excluding hydrogens is 304 g/mol. The number of carbonyl (C=O) groups is 1. The van der Waals surface area contributed by atoms with Crippen molar-refractivity contribution in [2.24, 2.45) is 5.16 Å². The highest BCUT2D eigenvalue weighted by Gasteiger charge is 2.30. The summed E-state index contributed by atoms with van der Waals surface area (Å²) in [5.74, 6) is -0.174. The average Bonchev–Trinajstić information content (AvgIpc) is 3.17. The fraction of sp³-hybridized carbons (Fsp3) is 0.389. The number of rotatable bonds is 4. The van der Waals surface area contributed by atoms with E-state index in [1.54, 1.807) is 0 Å². The number of aryl methyl sites for hydroxylation is 4. The molecule has 1 aromatic heterocycles.